The topological polar surface area (TPSA) is 87.8 Å². The van der Waals surface area contributed by atoms with Gasteiger partial charge < -0.3 is 9.47 Å². The molecule has 8 nitrogen and oxygen atoms in total. The molecule has 49 heavy (non-hydrogen) atoms. The molecule has 2 unspecified atom stereocenters. The van der Waals surface area contributed by atoms with E-state index in [1.165, 1.54) is 21.2 Å². The van der Waals surface area contributed by atoms with Gasteiger partial charge in [0.1, 0.15) is 11.5 Å². The van der Waals surface area contributed by atoms with Crippen molar-refractivity contribution in [3.8, 4) is 29.2 Å². The van der Waals surface area contributed by atoms with Crippen LogP contribution in [0.5, 0.6) is 23.3 Å². The number of aromatic nitrogens is 6. The summed E-state index contributed by atoms with van der Waals surface area (Å²) in [6.07, 6.45) is 6.75. The molecule has 0 fully saturated rings. The molecule has 0 bridgehead atoms. The van der Waals surface area contributed by atoms with Crippen molar-refractivity contribution in [1.29, 1.82) is 0 Å². The lowest BCUT2D eigenvalue weighted by atomic mass is 10.1. The van der Waals surface area contributed by atoms with Crippen LogP contribution in [0.2, 0.25) is 0 Å². The van der Waals surface area contributed by atoms with E-state index in [9.17, 15) is 0 Å². The lowest BCUT2D eigenvalue weighted by Crippen LogP contribution is -2.12. The van der Waals surface area contributed by atoms with Crippen molar-refractivity contribution >= 4 is 58.9 Å². The highest BCUT2D eigenvalue weighted by Crippen LogP contribution is 2.38. The van der Waals surface area contributed by atoms with Crippen LogP contribution in [0, 0.1) is 0 Å². The zero-order chi connectivity index (χ0) is 33.2. The largest absolute Gasteiger partial charge is 0.439 e. The Morgan fingerprint density at radius 2 is 1.02 bits per heavy atom. The Morgan fingerprint density at radius 3 is 1.49 bits per heavy atom. The zero-order valence-corrected chi connectivity index (χ0v) is 28.5. The quantitative estimate of drug-likeness (QED) is 0.147. The number of hydrogen-bond acceptors (Lipinski definition) is 7. The molecule has 0 saturated carbocycles. The molecule has 0 aliphatic heterocycles. The van der Waals surface area contributed by atoms with Gasteiger partial charge in [-0.2, -0.15) is 5.10 Å². The van der Waals surface area contributed by atoms with Gasteiger partial charge in [-0.3, -0.25) is 4.57 Å². The van der Waals surface area contributed by atoms with Crippen LogP contribution in [0.3, 0.4) is 0 Å². The summed E-state index contributed by atoms with van der Waals surface area (Å²) in [5.41, 5.74) is 2.08. The van der Waals surface area contributed by atoms with E-state index in [4.69, 9.17) is 9.47 Å². The summed E-state index contributed by atoms with van der Waals surface area (Å²) in [6, 6.07) is 41.3. The normalized spacial score (nSPS) is 12.5. The van der Waals surface area contributed by atoms with Crippen LogP contribution < -0.4 is 30.7 Å². The minimum atomic E-state index is -0.697. The standard InChI is InChI=1S/C39H30N6O2P2/c1-48(29-11-7-9-27(23-29)46-37-13-3-5-19-40-37)31-15-17-33-34-18-16-32(26-36(34)45(35(33)25-31)39-42-21-22-43-44-39)49(2)30-12-8-10-28(24-30)47-38-14-4-6-20-41-38/h3-26H,1-2H3. The third-order valence-corrected chi connectivity index (χ3v) is 12.5. The summed E-state index contributed by atoms with van der Waals surface area (Å²) >= 11 is 0. The van der Waals surface area contributed by atoms with Crippen LogP contribution in [-0.2, 0) is 0 Å². The molecule has 4 heterocycles. The van der Waals surface area contributed by atoms with Crippen molar-refractivity contribution in [3.63, 3.8) is 0 Å². The second-order valence-electron chi connectivity index (χ2n) is 11.3. The average Bonchev–Trinajstić information content (AvgIpc) is 3.48. The van der Waals surface area contributed by atoms with Crippen molar-refractivity contribution in [3.05, 3.63) is 146 Å². The van der Waals surface area contributed by atoms with Crippen LogP contribution in [0.1, 0.15) is 0 Å². The van der Waals surface area contributed by atoms with Crippen LogP contribution in [-0.4, -0.2) is 43.0 Å². The van der Waals surface area contributed by atoms with Gasteiger partial charge in [-0.25, -0.2) is 15.0 Å². The Morgan fingerprint density at radius 1 is 0.490 bits per heavy atom. The van der Waals surface area contributed by atoms with E-state index in [2.05, 4.69) is 104 Å². The molecule has 0 aliphatic carbocycles. The molecule has 8 aromatic rings. The molecule has 0 N–H and O–H groups in total. The Balaban J connectivity index is 1.17. The van der Waals surface area contributed by atoms with Gasteiger partial charge >= 0.3 is 0 Å². The number of hydrogen-bond donors (Lipinski definition) is 0. The molecule has 0 aliphatic rings. The van der Waals surface area contributed by atoms with E-state index in [1.807, 2.05) is 60.7 Å². The Kier molecular flexibility index (Phi) is 8.49. The summed E-state index contributed by atoms with van der Waals surface area (Å²) < 4.78 is 14.2. The molecule has 4 aromatic carbocycles. The Bertz CT molecular complexity index is 2240. The molecule has 8 rings (SSSR count). The van der Waals surface area contributed by atoms with Gasteiger partial charge in [0, 0.05) is 35.3 Å². The van der Waals surface area contributed by atoms with E-state index in [-0.39, 0.29) is 0 Å². The molecule has 238 valence electrons. The van der Waals surface area contributed by atoms with Gasteiger partial charge in [-0.05, 0) is 98.9 Å². The predicted octanol–water partition coefficient (Wildman–Crippen LogP) is 7.47. The predicted molar refractivity (Wildman–Crippen MR) is 200 cm³/mol. The molecule has 0 radical (unpaired) electrons. The van der Waals surface area contributed by atoms with E-state index >= 15 is 0 Å². The third-order valence-electron chi connectivity index (χ3n) is 8.31. The highest BCUT2D eigenvalue weighted by atomic mass is 31.1. The monoisotopic (exact) mass is 676 g/mol. The molecular weight excluding hydrogens is 646 g/mol. The van der Waals surface area contributed by atoms with Gasteiger partial charge in [0.05, 0.1) is 23.4 Å². The molecule has 0 amide bonds. The minimum absolute atomic E-state index is 0.536. The fourth-order valence-electron chi connectivity index (χ4n) is 5.84. The number of rotatable bonds is 9. The van der Waals surface area contributed by atoms with E-state index in [0.717, 1.165) is 33.3 Å². The number of pyridine rings is 2. The van der Waals surface area contributed by atoms with E-state index in [1.54, 1.807) is 24.8 Å². The van der Waals surface area contributed by atoms with Crippen molar-refractivity contribution in [2.45, 2.75) is 0 Å². The smallest absolute Gasteiger partial charge is 0.254 e. The molecule has 2 atom stereocenters. The Labute approximate surface area is 286 Å². The van der Waals surface area contributed by atoms with Gasteiger partial charge in [-0.15, -0.1) is 5.10 Å². The van der Waals surface area contributed by atoms with Crippen molar-refractivity contribution in [2.75, 3.05) is 13.3 Å². The minimum Gasteiger partial charge on any atom is -0.439 e. The van der Waals surface area contributed by atoms with Crippen molar-refractivity contribution in [2.24, 2.45) is 0 Å². The van der Waals surface area contributed by atoms with Crippen molar-refractivity contribution < 1.29 is 9.47 Å². The summed E-state index contributed by atoms with van der Waals surface area (Å²) in [6.45, 7) is 4.55. The highest BCUT2D eigenvalue weighted by molar-refractivity contribution is 7.72. The van der Waals surface area contributed by atoms with Gasteiger partial charge in [0.25, 0.3) is 5.95 Å². The summed E-state index contributed by atoms with van der Waals surface area (Å²) in [4.78, 5) is 13.3. The second-order valence-corrected chi connectivity index (χ2v) is 15.6. The van der Waals surface area contributed by atoms with Gasteiger partial charge in [0.2, 0.25) is 11.8 Å². The van der Waals surface area contributed by atoms with Crippen molar-refractivity contribution in [1.82, 2.24) is 29.7 Å². The second kappa shape index (κ2) is 13.5. The first-order chi connectivity index (χ1) is 24.1. The summed E-state index contributed by atoms with van der Waals surface area (Å²) in [7, 11) is -1.39. The molecule has 4 aromatic heterocycles. The van der Waals surface area contributed by atoms with E-state index in [0.29, 0.717) is 17.7 Å². The number of benzene rings is 4. The lowest BCUT2D eigenvalue weighted by molar-refractivity contribution is 0.463. The molecule has 0 saturated heterocycles. The average molecular weight is 677 g/mol. The number of ether oxygens (including phenoxy) is 2. The Hall–Kier alpha value is -5.55. The first-order valence-corrected chi connectivity index (χ1v) is 19.3. The van der Waals surface area contributed by atoms with Crippen LogP contribution in [0.4, 0.5) is 0 Å². The summed E-state index contributed by atoms with van der Waals surface area (Å²) in [5, 5.41) is 15.8. The maximum atomic E-state index is 6.05. The highest BCUT2D eigenvalue weighted by Gasteiger charge is 2.19. The van der Waals surface area contributed by atoms with Gasteiger partial charge in [0.15, 0.2) is 0 Å². The maximum absolute atomic E-state index is 6.05. The molecule has 10 heteroatoms. The maximum Gasteiger partial charge on any atom is 0.254 e. The zero-order valence-electron chi connectivity index (χ0n) is 26.8. The first kappa shape index (κ1) is 30.8. The molecular formula is C39H30N6O2P2. The SMILES string of the molecule is CP(c1cccc(Oc2ccccn2)c1)c1ccc2c3ccc(P(C)c4cccc(Oc5ccccn5)c4)cc3n(-c3nccnn3)c2c1. The molecule has 0 spiro atoms. The fourth-order valence-corrected chi connectivity index (χ4v) is 8.92. The van der Waals surface area contributed by atoms with E-state index < -0.39 is 15.8 Å². The van der Waals surface area contributed by atoms with Crippen LogP contribution in [0.15, 0.2) is 146 Å². The van der Waals surface area contributed by atoms with Crippen LogP contribution >= 0.6 is 15.8 Å². The number of fused-ring (bicyclic) bond motifs is 3. The summed E-state index contributed by atoms with van der Waals surface area (Å²) in [5.74, 6) is 3.21. The lowest BCUT2D eigenvalue weighted by Gasteiger charge is -2.15. The third kappa shape index (κ3) is 6.37. The first-order valence-electron chi connectivity index (χ1n) is 15.7. The fraction of sp³-hybridized carbons (Fsp3) is 0.0513. The van der Waals surface area contributed by atoms with Crippen LogP contribution in [0.25, 0.3) is 27.8 Å². The van der Waals surface area contributed by atoms with Gasteiger partial charge in [-0.1, -0.05) is 60.7 Å². The number of nitrogens with zero attached hydrogens (tertiary/aromatic N) is 6.